The van der Waals surface area contributed by atoms with E-state index in [1.807, 2.05) is 6.07 Å². The Kier molecular flexibility index (Phi) is 6.16. The van der Waals surface area contributed by atoms with E-state index in [1.165, 1.54) is 30.7 Å². The van der Waals surface area contributed by atoms with E-state index in [0.717, 1.165) is 0 Å². The molecule has 0 aliphatic carbocycles. The monoisotopic (exact) mass is 435 g/mol. The molecule has 1 aromatic heterocycles. The number of rotatable bonds is 6. The molecule has 9 nitrogen and oxygen atoms in total. The van der Waals surface area contributed by atoms with Crippen molar-refractivity contribution in [2.24, 2.45) is 0 Å². The maximum atomic E-state index is 13.0. The Morgan fingerprint density at radius 2 is 1.84 bits per heavy atom. The van der Waals surface area contributed by atoms with Gasteiger partial charge in [-0.05, 0) is 37.1 Å². The number of carbonyl (C=O) groups excluding carboxylic acids is 2. The number of hydrogen-bond acceptors (Lipinski definition) is 6. The van der Waals surface area contributed by atoms with Crippen molar-refractivity contribution in [3.8, 4) is 11.5 Å². The molecular formula is C23H21N3O6. The molecule has 1 N–H and O–H groups in total. The summed E-state index contributed by atoms with van der Waals surface area (Å²) in [6.45, 7) is 0.967. The molecule has 1 aliphatic heterocycles. The molecule has 0 unspecified atom stereocenters. The fourth-order valence-electron chi connectivity index (χ4n) is 3.57. The van der Waals surface area contributed by atoms with Crippen LogP contribution in [0.15, 0.2) is 71.5 Å². The number of amides is 2. The lowest BCUT2D eigenvalue weighted by Crippen LogP contribution is -2.46. The first-order valence-electron chi connectivity index (χ1n) is 10.1. The van der Waals surface area contributed by atoms with Crippen molar-refractivity contribution >= 4 is 17.5 Å². The summed E-state index contributed by atoms with van der Waals surface area (Å²) in [5.41, 5.74) is 0.378. The molecule has 9 heteroatoms. The van der Waals surface area contributed by atoms with E-state index in [0.29, 0.717) is 37.2 Å². The van der Waals surface area contributed by atoms with Crippen LogP contribution in [0.2, 0.25) is 0 Å². The molecule has 164 valence electrons. The molecule has 0 saturated carbocycles. The third-order valence-corrected chi connectivity index (χ3v) is 5.28. The molecule has 0 spiro atoms. The van der Waals surface area contributed by atoms with Crippen molar-refractivity contribution in [1.29, 1.82) is 0 Å². The summed E-state index contributed by atoms with van der Waals surface area (Å²) in [6, 6.07) is 14.3. The number of nitrogens with zero attached hydrogens (tertiary/aromatic N) is 2. The van der Waals surface area contributed by atoms with Gasteiger partial charge in [0.1, 0.15) is 17.8 Å². The maximum Gasteiger partial charge on any atom is 0.270 e. The Hall–Kier alpha value is -4.14. The molecule has 1 fully saturated rings. The van der Waals surface area contributed by atoms with Crippen LogP contribution in [0.5, 0.6) is 11.5 Å². The number of furan rings is 1. The first-order chi connectivity index (χ1) is 15.5. The molecule has 1 aliphatic rings. The Morgan fingerprint density at radius 1 is 1.09 bits per heavy atom. The number of benzene rings is 2. The molecule has 2 heterocycles. The van der Waals surface area contributed by atoms with Crippen LogP contribution in [0, 0.1) is 10.1 Å². The summed E-state index contributed by atoms with van der Waals surface area (Å²) in [5.74, 6) is 0.174. The molecule has 4 rings (SSSR count). The van der Waals surface area contributed by atoms with Gasteiger partial charge in [-0.15, -0.1) is 0 Å². The van der Waals surface area contributed by atoms with Gasteiger partial charge in [0.25, 0.3) is 17.5 Å². The Labute approximate surface area is 183 Å². The quantitative estimate of drug-likeness (QED) is 0.462. The summed E-state index contributed by atoms with van der Waals surface area (Å²) >= 11 is 0. The standard InChI is InChI=1S/C23H21N3O6/c27-22(24-17-8-11-25(12-9-17)23(28)16-10-13-31-15-16)20-14-18(26(29)30)6-7-21(20)32-19-4-2-1-3-5-19/h1-7,10,13-15,17H,8-9,11-12H2,(H,24,27). The molecule has 0 bridgehead atoms. The molecule has 2 amide bonds. The fraction of sp³-hybridized carbons (Fsp3) is 0.217. The number of piperidine rings is 1. The second-order valence-corrected chi connectivity index (χ2v) is 7.40. The molecule has 32 heavy (non-hydrogen) atoms. The smallest absolute Gasteiger partial charge is 0.270 e. The van der Waals surface area contributed by atoms with Crippen molar-refractivity contribution in [2.45, 2.75) is 18.9 Å². The van der Waals surface area contributed by atoms with Gasteiger partial charge in [-0.25, -0.2) is 0 Å². The number of nitro groups is 1. The van der Waals surface area contributed by atoms with E-state index in [9.17, 15) is 19.7 Å². The lowest BCUT2D eigenvalue weighted by atomic mass is 10.0. The van der Waals surface area contributed by atoms with Crippen LogP contribution >= 0.6 is 0 Å². The highest BCUT2D eigenvalue weighted by Gasteiger charge is 2.27. The highest BCUT2D eigenvalue weighted by atomic mass is 16.6. The second-order valence-electron chi connectivity index (χ2n) is 7.40. The van der Waals surface area contributed by atoms with Crippen LogP contribution in [0.3, 0.4) is 0 Å². The Balaban J connectivity index is 1.45. The summed E-state index contributed by atoms with van der Waals surface area (Å²) in [6.07, 6.45) is 4.00. The minimum atomic E-state index is -0.553. The zero-order valence-electron chi connectivity index (χ0n) is 17.1. The number of para-hydroxylation sites is 1. The first-order valence-corrected chi connectivity index (χ1v) is 10.1. The summed E-state index contributed by atoms with van der Waals surface area (Å²) < 4.78 is 10.8. The highest BCUT2D eigenvalue weighted by molar-refractivity contribution is 5.98. The number of carbonyl (C=O) groups is 2. The van der Waals surface area contributed by atoms with Gasteiger partial charge in [-0.3, -0.25) is 19.7 Å². The minimum Gasteiger partial charge on any atom is -0.472 e. The Morgan fingerprint density at radius 3 is 2.50 bits per heavy atom. The number of ether oxygens (including phenoxy) is 1. The van der Waals surface area contributed by atoms with Gasteiger partial charge in [0.15, 0.2) is 0 Å². The van der Waals surface area contributed by atoms with Crippen molar-refractivity contribution in [3.63, 3.8) is 0 Å². The van der Waals surface area contributed by atoms with Crippen LogP contribution in [0.4, 0.5) is 5.69 Å². The van der Waals surface area contributed by atoms with Gasteiger partial charge in [0, 0.05) is 31.3 Å². The SMILES string of the molecule is O=C(NC1CCN(C(=O)c2ccoc2)CC1)c1cc([N+](=O)[O-])ccc1Oc1ccccc1. The van der Waals surface area contributed by atoms with Crippen LogP contribution in [0.25, 0.3) is 0 Å². The number of nitro benzene ring substituents is 1. The molecule has 3 aromatic rings. The summed E-state index contributed by atoms with van der Waals surface area (Å²) in [7, 11) is 0. The zero-order chi connectivity index (χ0) is 22.5. The van der Waals surface area contributed by atoms with Gasteiger partial charge in [0.2, 0.25) is 0 Å². The molecule has 1 saturated heterocycles. The third-order valence-electron chi connectivity index (χ3n) is 5.28. The van der Waals surface area contributed by atoms with Gasteiger partial charge in [-0.2, -0.15) is 0 Å². The van der Waals surface area contributed by atoms with E-state index in [2.05, 4.69) is 5.32 Å². The molecular weight excluding hydrogens is 414 g/mol. The number of nitrogens with one attached hydrogen (secondary N) is 1. The Bertz CT molecular complexity index is 1110. The van der Waals surface area contributed by atoms with Crippen molar-refractivity contribution < 1.29 is 23.7 Å². The van der Waals surface area contributed by atoms with E-state index in [-0.39, 0.29) is 28.9 Å². The van der Waals surface area contributed by atoms with Gasteiger partial charge >= 0.3 is 0 Å². The normalized spacial score (nSPS) is 14.1. The predicted molar refractivity (Wildman–Crippen MR) is 115 cm³/mol. The van der Waals surface area contributed by atoms with E-state index >= 15 is 0 Å². The summed E-state index contributed by atoms with van der Waals surface area (Å²) in [5, 5.41) is 14.1. The fourth-order valence-corrected chi connectivity index (χ4v) is 3.57. The largest absolute Gasteiger partial charge is 0.472 e. The summed E-state index contributed by atoms with van der Waals surface area (Å²) in [4.78, 5) is 37.8. The topological polar surface area (TPSA) is 115 Å². The van der Waals surface area contributed by atoms with Crippen molar-refractivity contribution in [2.75, 3.05) is 13.1 Å². The third kappa shape index (κ3) is 4.77. The van der Waals surface area contributed by atoms with E-state index < -0.39 is 10.8 Å². The van der Waals surface area contributed by atoms with Crippen LogP contribution in [0.1, 0.15) is 33.6 Å². The minimum absolute atomic E-state index is 0.0833. The first kappa shape index (κ1) is 21.1. The average Bonchev–Trinajstić information content (AvgIpc) is 3.35. The maximum absolute atomic E-state index is 13.0. The van der Waals surface area contributed by atoms with Crippen LogP contribution in [-0.4, -0.2) is 40.8 Å². The number of hydrogen-bond donors (Lipinski definition) is 1. The molecule has 0 atom stereocenters. The highest BCUT2D eigenvalue weighted by Crippen LogP contribution is 2.29. The molecule has 0 radical (unpaired) electrons. The van der Waals surface area contributed by atoms with Gasteiger partial charge in [0.05, 0.1) is 22.3 Å². The number of likely N-dealkylation sites (tertiary alicyclic amines) is 1. The second kappa shape index (κ2) is 9.34. The zero-order valence-corrected chi connectivity index (χ0v) is 17.1. The molecule has 2 aromatic carbocycles. The van der Waals surface area contributed by atoms with Gasteiger partial charge < -0.3 is 19.4 Å². The van der Waals surface area contributed by atoms with Gasteiger partial charge in [-0.1, -0.05) is 18.2 Å². The van der Waals surface area contributed by atoms with Crippen LogP contribution in [-0.2, 0) is 0 Å². The van der Waals surface area contributed by atoms with E-state index in [4.69, 9.17) is 9.15 Å². The van der Waals surface area contributed by atoms with E-state index in [1.54, 1.807) is 35.2 Å². The predicted octanol–water partition coefficient (Wildman–Crippen LogP) is 4.01. The van der Waals surface area contributed by atoms with Crippen molar-refractivity contribution in [3.05, 3.63) is 88.4 Å². The average molecular weight is 435 g/mol. The number of non-ortho nitro benzene ring substituents is 1. The lowest BCUT2D eigenvalue weighted by molar-refractivity contribution is -0.384. The van der Waals surface area contributed by atoms with Crippen molar-refractivity contribution in [1.82, 2.24) is 10.2 Å². The van der Waals surface area contributed by atoms with Crippen LogP contribution < -0.4 is 10.1 Å². The lowest BCUT2D eigenvalue weighted by Gasteiger charge is -2.32.